The molecule has 17 heavy (non-hydrogen) atoms. The van der Waals surface area contributed by atoms with Crippen LogP contribution in [-0.4, -0.2) is 11.6 Å². The van der Waals surface area contributed by atoms with Gasteiger partial charge in [-0.25, -0.2) is 0 Å². The Morgan fingerprint density at radius 3 is 3.00 bits per heavy atom. The van der Waals surface area contributed by atoms with E-state index in [4.69, 9.17) is 4.74 Å². The van der Waals surface area contributed by atoms with Gasteiger partial charge in [0.15, 0.2) is 6.73 Å². The van der Waals surface area contributed by atoms with Gasteiger partial charge < -0.3 is 9.64 Å². The van der Waals surface area contributed by atoms with Crippen molar-refractivity contribution in [3.05, 3.63) is 66.4 Å². The average Bonchev–Trinajstić information content (AvgIpc) is 2.39. The molecule has 0 spiro atoms. The summed E-state index contributed by atoms with van der Waals surface area (Å²) < 4.78 is 5.72. The molecular formula is C15H17NO. The maximum atomic E-state index is 5.72. The van der Waals surface area contributed by atoms with Crippen LogP contribution in [0.4, 0.5) is 0 Å². The van der Waals surface area contributed by atoms with Crippen LogP contribution in [0.1, 0.15) is 12.5 Å². The maximum absolute atomic E-state index is 5.72. The first-order valence-electron chi connectivity index (χ1n) is 5.76. The third-order valence-corrected chi connectivity index (χ3v) is 2.77. The number of hydrogen-bond acceptors (Lipinski definition) is 2. The average molecular weight is 227 g/mol. The van der Waals surface area contributed by atoms with Crippen molar-refractivity contribution in [1.82, 2.24) is 4.90 Å². The number of hydrogen-bond donors (Lipinski definition) is 0. The van der Waals surface area contributed by atoms with E-state index < -0.39 is 0 Å². The Balaban J connectivity index is 2.16. The summed E-state index contributed by atoms with van der Waals surface area (Å²) in [6, 6.07) is 8.16. The number of ether oxygens (including phenoxy) is 1. The number of nitrogens with zero attached hydrogens (tertiary/aromatic N) is 1. The Morgan fingerprint density at radius 2 is 2.24 bits per heavy atom. The molecule has 1 aliphatic heterocycles. The zero-order chi connectivity index (χ0) is 12.1. The van der Waals surface area contributed by atoms with Gasteiger partial charge in [0, 0.05) is 17.8 Å². The van der Waals surface area contributed by atoms with Gasteiger partial charge in [-0.3, -0.25) is 0 Å². The Bertz CT molecular complexity index is 460. The van der Waals surface area contributed by atoms with E-state index in [1.807, 2.05) is 37.3 Å². The summed E-state index contributed by atoms with van der Waals surface area (Å²) in [5, 5.41) is 0. The minimum Gasteiger partial charge on any atom is -0.473 e. The Hall–Kier alpha value is -1.96. The molecule has 1 aromatic carbocycles. The summed E-state index contributed by atoms with van der Waals surface area (Å²) in [6.07, 6.45) is 7.85. The minimum atomic E-state index is 0.595. The monoisotopic (exact) mass is 227 g/mol. The lowest BCUT2D eigenvalue weighted by atomic mass is 10.1. The second-order valence-electron chi connectivity index (χ2n) is 3.89. The molecule has 0 fully saturated rings. The van der Waals surface area contributed by atoms with E-state index in [9.17, 15) is 0 Å². The molecule has 1 heterocycles. The van der Waals surface area contributed by atoms with E-state index >= 15 is 0 Å². The Kier molecular flexibility index (Phi) is 3.66. The largest absolute Gasteiger partial charge is 0.473 e. The second-order valence-corrected chi connectivity index (χ2v) is 3.89. The van der Waals surface area contributed by atoms with Gasteiger partial charge in [-0.1, -0.05) is 43.0 Å². The standard InChI is InChI=1S/C15H17NO/c1-3-5-9-14(4-2)16-11-13-8-6-7-10-15(13)17-12-16/h3-10H,1,11-12H2,2H3/b9-5-,14-4+. The molecule has 2 nitrogen and oxygen atoms in total. The van der Waals surface area contributed by atoms with Crippen LogP contribution in [0.3, 0.4) is 0 Å². The topological polar surface area (TPSA) is 12.5 Å². The van der Waals surface area contributed by atoms with Gasteiger partial charge in [0.1, 0.15) is 5.75 Å². The van der Waals surface area contributed by atoms with Crippen LogP contribution >= 0.6 is 0 Å². The third-order valence-electron chi connectivity index (χ3n) is 2.77. The first-order chi connectivity index (χ1) is 8.35. The van der Waals surface area contributed by atoms with Crippen molar-refractivity contribution in [3.8, 4) is 5.75 Å². The van der Waals surface area contributed by atoms with Gasteiger partial charge in [0.05, 0.1) is 0 Å². The van der Waals surface area contributed by atoms with Crippen molar-refractivity contribution in [2.24, 2.45) is 0 Å². The van der Waals surface area contributed by atoms with Crippen LogP contribution in [0, 0.1) is 0 Å². The molecule has 0 aliphatic carbocycles. The highest BCUT2D eigenvalue weighted by Gasteiger charge is 2.16. The number of rotatable bonds is 3. The first-order valence-corrected chi connectivity index (χ1v) is 5.76. The number of benzene rings is 1. The Labute approximate surface area is 103 Å². The highest BCUT2D eigenvalue weighted by molar-refractivity contribution is 5.35. The lowest BCUT2D eigenvalue weighted by molar-refractivity contribution is 0.132. The molecule has 88 valence electrons. The molecule has 0 aromatic heterocycles. The molecule has 1 aromatic rings. The molecule has 2 rings (SSSR count). The summed E-state index contributed by atoms with van der Waals surface area (Å²) >= 11 is 0. The highest BCUT2D eigenvalue weighted by Crippen LogP contribution is 2.26. The van der Waals surface area contributed by atoms with Crippen molar-refractivity contribution in [2.45, 2.75) is 13.5 Å². The van der Waals surface area contributed by atoms with E-state index in [1.54, 1.807) is 6.08 Å². The second kappa shape index (κ2) is 5.39. The van der Waals surface area contributed by atoms with Gasteiger partial charge in [0.25, 0.3) is 0 Å². The van der Waals surface area contributed by atoms with Crippen LogP contribution in [0.25, 0.3) is 0 Å². The van der Waals surface area contributed by atoms with E-state index in [1.165, 1.54) is 5.56 Å². The van der Waals surface area contributed by atoms with Crippen LogP contribution in [0.15, 0.2) is 60.8 Å². The number of fused-ring (bicyclic) bond motifs is 1. The SMILES string of the molecule is C=C/C=C\C(=C/C)N1COc2ccccc2C1. The van der Waals surface area contributed by atoms with Gasteiger partial charge in [0.2, 0.25) is 0 Å². The highest BCUT2D eigenvalue weighted by atomic mass is 16.5. The molecule has 0 saturated carbocycles. The molecule has 2 heteroatoms. The van der Waals surface area contributed by atoms with E-state index in [2.05, 4.69) is 23.6 Å². The van der Waals surface area contributed by atoms with Gasteiger partial charge in [-0.05, 0) is 19.1 Å². The molecule has 0 amide bonds. The predicted octanol–water partition coefficient (Wildman–Crippen LogP) is 3.48. The molecule has 0 atom stereocenters. The molecule has 0 unspecified atom stereocenters. The molecule has 0 radical (unpaired) electrons. The van der Waals surface area contributed by atoms with Crippen molar-refractivity contribution < 1.29 is 4.74 Å². The third kappa shape index (κ3) is 2.59. The molecule has 0 bridgehead atoms. The predicted molar refractivity (Wildman–Crippen MR) is 70.6 cm³/mol. The van der Waals surface area contributed by atoms with E-state index in [0.717, 1.165) is 18.0 Å². The summed E-state index contributed by atoms with van der Waals surface area (Å²) in [5.74, 6) is 0.993. The summed E-state index contributed by atoms with van der Waals surface area (Å²) in [4.78, 5) is 2.20. The van der Waals surface area contributed by atoms with Gasteiger partial charge in [-0.2, -0.15) is 0 Å². The lowest BCUT2D eigenvalue weighted by Gasteiger charge is -2.31. The van der Waals surface area contributed by atoms with E-state index in [-0.39, 0.29) is 0 Å². The summed E-state index contributed by atoms with van der Waals surface area (Å²) in [5.41, 5.74) is 2.38. The fraction of sp³-hybridized carbons (Fsp3) is 0.200. The summed E-state index contributed by atoms with van der Waals surface area (Å²) in [6.45, 7) is 7.20. The zero-order valence-corrected chi connectivity index (χ0v) is 10.1. The molecule has 1 aliphatic rings. The fourth-order valence-corrected chi connectivity index (χ4v) is 1.89. The fourth-order valence-electron chi connectivity index (χ4n) is 1.89. The van der Waals surface area contributed by atoms with Gasteiger partial charge >= 0.3 is 0 Å². The first kappa shape index (κ1) is 11.5. The Morgan fingerprint density at radius 1 is 1.41 bits per heavy atom. The van der Waals surface area contributed by atoms with Crippen LogP contribution < -0.4 is 4.74 Å². The van der Waals surface area contributed by atoms with Crippen molar-refractivity contribution in [1.29, 1.82) is 0 Å². The molecular weight excluding hydrogens is 210 g/mol. The molecule has 0 N–H and O–H groups in total. The van der Waals surface area contributed by atoms with Crippen molar-refractivity contribution in [3.63, 3.8) is 0 Å². The number of allylic oxidation sites excluding steroid dienone is 4. The lowest BCUT2D eigenvalue weighted by Crippen LogP contribution is -2.30. The van der Waals surface area contributed by atoms with Crippen molar-refractivity contribution >= 4 is 0 Å². The maximum Gasteiger partial charge on any atom is 0.161 e. The van der Waals surface area contributed by atoms with Crippen molar-refractivity contribution in [2.75, 3.05) is 6.73 Å². The van der Waals surface area contributed by atoms with Crippen LogP contribution in [0.2, 0.25) is 0 Å². The smallest absolute Gasteiger partial charge is 0.161 e. The number of para-hydroxylation sites is 1. The van der Waals surface area contributed by atoms with Gasteiger partial charge in [-0.15, -0.1) is 0 Å². The van der Waals surface area contributed by atoms with Crippen LogP contribution in [0.5, 0.6) is 5.75 Å². The zero-order valence-electron chi connectivity index (χ0n) is 10.1. The quantitative estimate of drug-likeness (QED) is 0.733. The molecule has 0 saturated heterocycles. The summed E-state index contributed by atoms with van der Waals surface area (Å²) in [7, 11) is 0. The van der Waals surface area contributed by atoms with E-state index in [0.29, 0.717) is 6.73 Å². The van der Waals surface area contributed by atoms with Crippen LogP contribution in [-0.2, 0) is 6.54 Å². The normalized spacial score (nSPS) is 15.6. The minimum absolute atomic E-state index is 0.595.